The van der Waals surface area contributed by atoms with Crippen molar-refractivity contribution in [2.75, 3.05) is 5.32 Å². The number of nitrogens with zero attached hydrogens (tertiary/aromatic N) is 1. The van der Waals surface area contributed by atoms with Crippen LogP contribution in [0.4, 0.5) is 5.82 Å². The molecular formula is C11H16N2O. The molecular weight excluding hydrogens is 176 g/mol. The first-order chi connectivity index (χ1) is 6.60. The molecule has 3 nitrogen and oxygen atoms in total. The monoisotopic (exact) mass is 192 g/mol. The fraction of sp³-hybridized carbons (Fsp3) is 0.545. The van der Waals surface area contributed by atoms with Gasteiger partial charge in [-0.05, 0) is 18.6 Å². The van der Waals surface area contributed by atoms with E-state index in [2.05, 4.69) is 24.1 Å². The summed E-state index contributed by atoms with van der Waals surface area (Å²) in [5.74, 6) is 0.887. The lowest BCUT2D eigenvalue weighted by molar-refractivity contribution is -0.0511. The summed E-state index contributed by atoms with van der Waals surface area (Å²) in [6, 6.07) is 6.12. The maximum Gasteiger partial charge on any atom is 0.126 e. The van der Waals surface area contributed by atoms with Crippen LogP contribution in [0.3, 0.4) is 0 Å². The van der Waals surface area contributed by atoms with E-state index in [-0.39, 0.29) is 11.5 Å². The summed E-state index contributed by atoms with van der Waals surface area (Å²) in [5.41, 5.74) is -0.0441. The highest BCUT2D eigenvalue weighted by Crippen LogP contribution is 2.41. The van der Waals surface area contributed by atoms with E-state index in [4.69, 9.17) is 0 Å². The Morgan fingerprint density at radius 2 is 2.29 bits per heavy atom. The molecule has 2 rings (SSSR count). The highest BCUT2D eigenvalue weighted by Gasteiger charge is 2.47. The SMILES string of the molecule is CC1(C)C(O)CC1Nc1ccccn1. The Morgan fingerprint density at radius 3 is 2.79 bits per heavy atom. The Morgan fingerprint density at radius 1 is 1.50 bits per heavy atom. The zero-order chi connectivity index (χ0) is 10.2. The molecule has 3 heteroatoms. The van der Waals surface area contributed by atoms with Gasteiger partial charge in [-0.2, -0.15) is 0 Å². The van der Waals surface area contributed by atoms with E-state index in [0.29, 0.717) is 6.04 Å². The Labute approximate surface area is 84.2 Å². The second kappa shape index (κ2) is 3.24. The number of rotatable bonds is 2. The smallest absolute Gasteiger partial charge is 0.126 e. The third-order valence-electron chi connectivity index (χ3n) is 3.20. The van der Waals surface area contributed by atoms with Crippen molar-refractivity contribution in [2.45, 2.75) is 32.4 Å². The minimum absolute atomic E-state index is 0.0441. The molecule has 0 saturated heterocycles. The Kier molecular flexibility index (Phi) is 2.19. The lowest BCUT2D eigenvalue weighted by Gasteiger charge is -2.49. The predicted octanol–water partition coefficient (Wildman–Crippen LogP) is 1.65. The van der Waals surface area contributed by atoms with Gasteiger partial charge in [0.1, 0.15) is 5.82 Å². The highest BCUT2D eigenvalue weighted by atomic mass is 16.3. The summed E-state index contributed by atoms with van der Waals surface area (Å²) < 4.78 is 0. The van der Waals surface area contributed by atoms with Crippen molar-refractivity contribution in [3.05, 3.63) is 24.4 Å². The topological polar surface area (TPSA) is 45.1 Å². The molecule has 0 bridgehead atoms. The van der Waals surface area contributed by atoms with Gasteiger partial charge in [-0.15, -0.1) is 0 Å². The summed E-state index contributed by atoms with van der Waals surface area (Å²) >= 11 is 0. The first kappa shape index (κ1) is 9.46. The van der Waals surface area contributed by atoms with Crippen molar-refractivity contribution in [1.82, 2.24) is 4.98 Å². The van der Waals surface area contributed by atoms with Crippen LogP contribution in [-0.2, 0) is 0 Å². The molecule has 1 aromatic rings. The van der Waals surface area contributed by atoms with Gasteiger partial charge in [0, 0.05) is 17.7 Å². The highest BCUT2D eigenvalue weighted by molar-refractivity contribution is 5.36. The summed E-state index contributed by atoms with van der Waals surface area (Å²) in [6.07, 6.45) is 2.39. The molecule has 0 aliphatic heterocycles. The number of aliphatic hydroxyl groups is 1. The van der Waals surface area contributed by atoms with Crippen LogP contribution in [0.2, 0.25) is 0 Å². The maximum absolute atomic E-state index is 9.56. The van der Waals surface area contributed by atoms with Crippen LogP contribution in [0.1, 0.15) is 20.3 Å². The van der Waals surface area contributed by atoms with E-state index in [1.807, 2.05) is 18.2 Å². The molecule has 14 heavy (non-hydrogen) atoms. The fourth-order valence-electron chi connectivity index (χ4n) is 1.77. The number of aliphatic hydroxyl groups excluding tert-OH is 1. The van der Waals surface area contributed by atoms with Crippen molar-refractivity contribution in [3.63, 3.8) is 0 Å². The number of anilines is 1. The van der Waals surface area contributed by atoms with Crippen LogP contribution in [0.15, 0.2) is 24.4 Å². The second-order valence-corrected chi connectivity index (χ2v) is 4.48. The van der Waals surface area contributed by atoms with Crippen LogP contribution in [-0.4, -0.2) is 22.2 Å². The van der Waals surface area contributed by atoms with Gasteiger partial charge in [-0.25, -0.2) is 4.98 Å². The summed E-state index contributed by atoms with van der Waals surface area (Å²) in [6.45, 7) is 4.14. The van der Waals surface area contributed by atoms with E-state index < -0.39 is 0 Å². The minimum atomic E-state index is -0.191. The van der Waals surface area contributed by atoms with Crippen molar-refractivity contribution in [2.24, 2.45) is 5.41 Å². The normalized spacial score (nSPS) is 29.4. The first-order valence-electron chi connectivity index (χ1n) is 4.96. The van der Waals surface area contributed by atoms with Crippen molar-refractivity contribution in [3.8, 4) is 0 Å². The van der Waals surface area contributed by atoms with E-state index in [0.717, 1.165) is 12.2 Å². The van der Waals surface area contributed by atoms with Gasteiger partial charge >= 0.3 is 0 Å². The Hall–Kier alpha value is -1.09. The molecule has 1 saturated carbocycles. The molecule has 1 aliphatic carbocycles. The van der Waals surface area contributed by atoms with E-state index >= 15 is 0 Å². The second-order valence-electron chi connectivity index (χ2n) is 4.48. The number of nitrogens with one attached hydrogen (secondary N) is 1. The number of pyridine rings is 1. The third kappa shape index (κ3) is 1.48. The Bertz CT molecular complexity index is 310. The van der Waals surface area contributed by atoms with Crippen LogP contribution in [0, 0.1) is 5.41 Å². The van der Waals surface area contributed by atoms with Gasteiger partial charge in [0.25, 0.3) is 0 Å². The molecule has 2 N–H and O–H groups in total. The number of hydrogen-bond donors (Lipinski definition) is 2. The fourth-order valence-corrected chi connectivity index (χ4v) is 1.77. The molecule has 2 atom stereocenters. The molecule has 2 unspecified atom stereocenters. The standard InChI is InChI=1S/C11H16N2O/c1-11(2)8(7-9(11)14)13-10-5-3-4-6-12-10/h3-6,8-9,14H,7H2,1-2H3,(H,12,13). The summed E-state index contributed by atoms with van der Waals surface area (Å²) in [7, 11) is 0. The van der Waals surface area contributed by atoms with Crippen LogP contribution in [0.5, 0.6) is 0 Å². The number of hydrogen-bond acceptors (Lipinski definition) is 3. The average Bonchev–Trinajstić information content (AvgIpc) is 2.19. The molecule has 1 aliphatic rings. The number of aromatic nitrogens is 1. The maximum atomic E-state index is 9.56. The minimum Gasteiger partial charge on any atom is -0.392 e. The average molecular weight is 192 g/mol. The van der Waals surface area contributed by atoms with Crippen LogP contribution in [0.25, 0.3) is 0 Å². The lowest BCUT2D eigenvalue weighted by atomic mass is 9.64. The zero-order valence-corrected chi connectivity index (χ0v) is 8.57. The largest absolute Gasteiger partial charge is 0.392 e. The molecule has 0 amide bonds. The molecule has 0 radical (unpaired) electrons. The molecule has 76 valence electrons. The van der Waals surface area contributed by atoms with Crippen LogP contribution >= 0.6 is 0 Å². The van der Waals surface area contributed by atoms with Gasteiger partial charge in [-0.1, -0.05) is 19.9 Å². The van der Waals surface area contributed by atoms with E-state index in [1.54, 1.807) is 6.20 Å². The Balaban J connectivity index is 2.01. The quantitative estimate of drug-likeness (QED) is 0.749. The van der Waals surface area contributed by atoms with E-state index in [9.17, 15) is 5.11 Å². The van der Waals surface area contributed by atoms with Gasteiger partial charge in [0.15, 0.2) is 0 Å². The summed E-state index contributed by atoms with van der Waals surface area (Å²) in [4.78, 5) is 4.20. The van der Waals surface area contributed by atoms with Gasteiger partial charge in [0.05, 0.1) is 6.10 Å². The molecule has 1 aromatic heterocycles. The van der Waals surface area contributed by atoms with Crippen molar-refractivity contribution >= 4 is 5.82 Å². The van der Waals surface area contributed by atoms with Crippen molar-refractivity contribution in [1.29, 1.82) is 0 Å². The molecule has 1 heterocycles. The van der Waals surface area contributed by atoms with Gasteiger partial charge in [-0.3, -0.25) is 0 Å². The van der Waals surface area contributed by atoms with E-state index in [1.165, 1.54) is 0 Å². The first-order valence-corrected chi connectivity index (χ1v) is 4.96. The van der Waals surface area contributed by atoms with Crippen LogP contribution < -0.4 is 5.32 Å². The zero-order valence-electron chi connectivity index (χ0n) is 8.57. The lowest BCUT2D eigenvalue weighted by Crippen LogP contribution is -2.57. The summed E-state index contributed by atoms with van der Waals surface area (Å²) in [5, 5.41) is 12.9. The molecule has 0 aromatic carbocycles. The predicted molar refractivity (Wildman–Crippen MR) is 56.1 cm³/mol. The molecule has 0 spiro atoms. The van der Waals surface area contributed by atoms with Crippen molar-refractivity contribution < 1.29 is 5.11 Å². The molecule has 1 fully saturated rings. The van der Waals surface area contributed by atoms with Gasteiger partial charge in [0.2, 0.25) is 0 Å². The third-order valence-corrected chi connectivity index (χ3v) is 3.20. The van der Waals surface area contributed by atoms with Gasteiger partial charge < -0.3 is 10.4 Å².